The van der Waals surface area contributed by atoms with Crippen LogP contribution in [-0.4, -0.2) is 38.3 Å². The monoisotopic (exact) mass is 505 g/mol. The fourth-order valence-corrected chi connectivity index (χ4v) is 5.02. The third kappa shape index (κ3) is 4.83. The molecule has 0 atom stereocenters. The van der Waals surface area contributed by atoms with Crippen LogP contribution in [0.1, 0.15) is 25.3 Å². The second kappa shape index (κ2) is 10.7. The average molecular weight is 506 g/mol. The summed E-state index contributed by atoms with van der Waals surface area (Å²) in [6, 6.07) is 15.2. The van der Waals surface area contributed by atoms with Gasteiger partial charge in [-0.15, -0.1) is 11.3 Å². The van der Waals surface area contributed by atoms with Crippen LogP contribution in [0, 0.1) is 0 Å². The number of rotatable bonds is 7. The van der Waals surface area contributed by atoms with Crippen LogP contribution in [0.2, 0.25) is 0 Å². The van der Waals surface area contributed by atoms with Crippen LogP contribution in [0.25, 0.3) is 11.3 Å². The van der Waals surface area contributed by atoms with E-state index in [2.05, 4.69) is 10.6 Å². The quantitative estimate of drug-likeness (QED) is 0.426. The molecule has 0 unspecified atom stereocenters. The fraction of sp³-hybridized carbons (Fsp3) is 0.222. The number of anilines is 2. The highest BCUT2D eigenvalue weighted by molar-refractivity contribution is 7.14. The number of nitrogens with zero attached hydrogens (tertiary/aromatic N) is 1. The fourth-order valence-electron chi connectivity index (χ4n) is 4.29. The van der Waals surface area contributed by atoms with Gasteiger partial charge in [-0.1, -0.05) is 30.3 Å². The van der Waals surface area contributed by atoms with Crippen LogP contribution in [0.5, 0.6) is 5.75 Å². The van der Waals surface area contributed by atoms with Crippen LogP contribution in [-0.2, 0) is 19.1 Å². The van der Waals surface area contributed by atoms with E-state index < -0.39 is 17.9 Å². The minimum Gasteiger partial charge on any atom is -0.497 e. The van der Waals surface area contributed by atoms with Gasteiger partial charge in [-0.05, 0) is 37.6 Å². The Morgan fingerprint density at radius 1 is 0.944 bits per heavy atom. The number of aromatic nitrogens is 1. The molecule has 1 aromatic heterocycles. The summed E-state index contributed by atoms with van der Waals surface area (Å²) in [5.41, 5.74) is 5.07. The normalized spacial score (nSPS) is 13.8. The van der Waals surface area contributed by atoms with Crippen LogP contribution in [0.15, 0.2) is 76.5 Å². The van der Waals surface area contributed by atoms with Crippen molar-refractivity contribution in [2.24, 2.45) is 0 Å². The van der Waals surface area contributed by atoms with Crippen LogP contribution < -0.4 is 15.4 Å². The highest BCUT2D eigenvalue weighted by Crippen LogP contribution is 2.43. The molecule has 0 saturated carbocycles. The number of esters is 2. The Hall–Kier alpha value is -4.11. The number of benzene rings is 2. The largest absolute Gasteiger partial charge is 0.497 e. The third-order valence-corrected chi connectivity index (χ3v) is 6.71. The number of methoxy groups -OCH3 is 3. The van der Waals surface area contributed by atoms with E-state index in [1.807, 2.05) is 53.9 Å². The van der Waals surface area contributed by atoms with Gasteiger partial charge in [0.05, 0.1) is 44.1 Å². The molecule has 1 aliphatic heterocycles. The number of allylic oxidation sites excluding steroid dienone is 2. The molecular weight excluding hydrogens is 478 g/mol. The maximum absolute atomic E-state index is 12.9. The van der Waals surface area contributed by atoms with E-state index in [0.717, 1.165) is 22.6 Å². The van der Waals surface area contributed by atoms with E-state index in [4.69, 9.17) is 19.2 Å². The summed E-state index contributed by atoms with van der Waals surface area (Å²) in [6.07, 6.45) is 0. The Bertz CT molecular complexity index is 1340. The van der Waals surface area contributed by atoms with Crippen molar-refractivity contribution in [3.63, 3.8) is 0 Å². The molecule has 2 aromatic carbocycles. The molecule has 2 N–H and O–H groups in total. The molecule has 1 aliphatic rings. The van der Waals surface area contributed by atoms with Gasteiger partial charge in [-0.3, -0.25) is 0 Å². The zero-order valence-electron chi connectivity index (χ0n) is 20.7. The lowest BCUT2D eigenvalue weighted by Gasteiger charge is -2.31. The molecule has 0 amide bonds. The number of hydrogen-bond donors (Lipinski definition) is 2. The molecule has 36 heavy (non-hydrogen) atoms. The molecule has 186 valence electrons. The molecule has 0 bridgehead atoms. The Morgan fingerprint density at radius 2 is 1.61 bits per heavy atom. The van der Waals surface area contributed by atoms with Crippen molar-refractivity contribution in [2.75, 3.05) is 26.6 Å². The van der Waals surface area contributed by atoms with Crippen LogP contribution in [0.3, 0.4) is 0 Å². The first kappa shape index (κ1) is 25.0. The zero-order valence-corrected chi connectivity index (χ0v) is 21.5. The maximum Gasteiger partial charge on any atom is 0.336 e. The lowest BCUT2D eigenvalue weighted by atomic mass is 9.79. The first-order valence-electron chi connectivity index (χ1n) is 11.2. The maximum atomic E-state index is 12.9. The summed E-state index contributed by atoms with van der Waals surface area (Å²) in [7, 11) is 4.27. The number of carbonyl (C=O) groups excluding carboxylic acids is 2. The SMILES string of the molecule is COC(=O)C1=C(C)NC(C)=C(C(=O)OC)C1c1ccccc1Nc1nc(-c2cccc(OC)c2)cs1. The number of dihydropyridines is 1. The molecule has 3 aromatic rings. The van der Waals surface area contributed by atoms with Crippen LogP contribution in [0.4, 0.5) is 10.8 Å². The summed E-state index contributed by atoms with van der Waals surface area (Å²) in [4.78, 5) is 30.5. The summed E-state index contributed by atoms with van der Waals surface area (Å²) in [5, 5.41) is 9.12. The van der Waals surface area contributed by atoms with E-state index >= 15 is 0 Å². The minimum absolute atomic E-state index is 0.342. The lowest BCUT2D eigenvalue weighted by Crippen LogP contribution is -2.32. The van der Waals surface area contributed by atoms with Crippen molar-refractivity contribution in [2.45, 2.75) is 19.8 Å². The summed E-state index contributed by atoms with van der Waals surface area (Å²) >= 11 is 1.45. The highest BCUT2D eigenvalue weighted by Gasteiger charge is 2.38. The minimum atomic E-state index is -0.701. The summed E-state index contributed by atoms with van der Waals surface area (Å²) < 4.78 is 15.5. The number of hydrogen-bond acceptors (Lipinski definition) is 9. The summed E-state index contributed by atoms with van der Waals surface area (Å²) in [6.45, 7) is 3.57. The molecule has 2 heterocycles. The van der Waals surface area contributed by atoms with Crippen molar-refractivity contribution in [1.82, 2.24) is 10.3 Å². The Labute approximate surface area is 213 Å². The van der Waals surface area contributed by atoms with Gasteiger partial charge in [0.2, 0.25) is 0 Å². The first-order chi connectivity index (χ1) is 17.4. The van der Waals surface area contributed by atoms with E-state index in [0.29, 0.717) is 33.4 Å². The molecule has 9 heteroatoms. The van der Waals surface area contributed by atoms with E-state index in [1.54, 1.807) is 21.0 Å². The van der Waals surface area contributed by atoms with Crippen LogP contribution >= 0.6 is 11.3 Å². The van der Waals surface area contributed by atoms with Gasteiger partial charge in [0.1, 0.15) is 5.75 Å². The number of thiazole rings is 1. The number of para-hydroxylation sites is 1. The number of ether oxygens (including phenoxy) is 3. The van der Waals surface area contributed by atoms with E-state index in [1.165, 1.54) is 25.6 Å². The predicted molar refractivity (Wildman–Crippen MR) is 139 cm³/mol. The Kier molecular flexibility index (Phi) is 7.40. The smallest absolute Gasteiger partial charge is 0.336 e. The van der Waals surface area contributed by atoms with Gasteiger partial charge >= 0.3 is 11.9 Å². The Morgan fingerprint density at radius 3 is 2.25 bits per heavy atom. The first-order valence-corrected chi connectivity index (χ1v) is 12.1. The number of carbonyl (C=O) groups is 2. The third-order valence-electron chi connectivity index (χ3n) is 5.95. The van der Waals surface area contributed by atoms with Crippen molar-refractivity contribution < 1.29 is 23.8 Å². The van der Waals surface area contributed by atoms with E-state index in [-0.39, 0.29) is 0 Å². The van der Waals surface area contributed by atoms with Crippen molar-refractivity contribution >= 4 is 34.1 Å². The molecular formula is C27H27N3O5S. The molecule has 0 fully saturated rings. The molecule has 4 rings (SSSR count). The Balaban J connectivity index is 1.77. The molecule has 0 radical (unpaired) electrons. The standard InChI is InChI=1S/C27H27N3O5S/c1-15-22(25(31)34-4)24(23(16(2)28-15)26(32)35-5)19-11-6-7-12-20(19)29-27-30-21(14-36-27)17-9-8-10-18(13-17)33-3/h6-14,24,28H,1-5H3,(H,29,30). The zero-order chi connectivity index (χ0) is 25.8. The molecule has 0 saturated heterocycles. The summed E-state index contributed by atoms with van der Waals surface area (Å²) in [5.74, 6) is -1.000. The van der Waals surface area contributed by atoms with Gasteiger partial charge in [-0.2, -0.15) is 0 Å². The predicted octanol–water partition coefficient (Wildman–Crippen LogP) is 5.14. The molecule has 8 nitrogen and oxygen atoms in total. The van der Waals surface area contributed by atoms with Gasteiger partial charge < -0.3 is 24.8 Å². The van der Waals surface area contributed by atoms with Gasteiger partial charge in [0, 0.05) is 28.0 Å². The molecule has 0 spiro atoms. The van der Waals surface area contributed by atoms with Crippen molar-refractivity contribution in [3.05, 3.63) is 82.0 Å². The van der Waals surface area contributed by atoms with Crippen molar-refractivity contribution in [1.29, 1.82) is 0 Å². The number of nitrogens with one attached hydrogen (secondary N) is 2. The lowest BCUT2D eigenvalue weighted by molar-refractivity contribution is -0.137. The van der Waals surface area contributed by atoms with Gasteiger partial charge in [0.15, 0.2) is 5.13 Å². The highest BCUT2D eigenvalue weighted by atomic mass is 32.1. The van der Waals surface area contributed by atoms with Gasteiger partial charge in [0.25, 0.3) is 0 Å². The second-order valence-corrected chi connectivity index (χ2v) is 8.96. The molecule has 0 aliphatic carbocycles. The second-order valence-electron chi connectivity index (χ2n) is 8.10. The topological polar surface area (TPSA) is 98.8 Å². The van der Waals surface area contributed by atoms with E-state index in [9.17, 15) is 9.59 Å². The van der Waals surface area contributed by atoms with Gasteiger partial charge in [-0.25, -0.2) is 14.6 Å². The van der Waals surface area contributed by atoms with Crippen molar-refractivity contribution in [3.8, 4) is 17.0 Å². The average Bonchev–Trinajstić information content (AvgIpc) is 3.36.